The first-order valence-electron chi connectivity index (χ1n) is 9.92. The molecule has 0 radical (unpaired) electrons. The minimum absolute atomic E-state index is 0.0200. The third kappa shape index (κ3) is 3.59. The van der Waals surface area contributed by atoms with Crippen LogP contribution in [0.3, 0.4) is 0 Å². The number of aryl methyl sites for hydroxylation is 1. The van der Waals surface area contributed by atoms with Gasteiger partial charge in [-0.3, -0.25) is 18.9 Å². The number of pyridine rings is 1. The van der Waals surface area contributed by atoms with Gasteiger partial charge < -0.3 is 4.90 Å². The molecule has 4 rings (SSSR count). The second-order valence-corrected chi connectivity index (χ2v) is 9.41. The summed E-state index contributed by atoms with van der Waals surface area (Å²) in [4.78, 5) is 35.4. The zero-order valence-corrected chi connectivity index (χ0v) is 18.5. The van der Waals surface area contributed by atoms with E-state index in [9.17, 15) is 9.59 Å². The van der Waals surface area contributed by atoms with Gasteiger partial charge in [0.25, 0.3) is 11.5 Å². The van der Waals surface area contributed by atoms with Gasteiger partial charge in [0.2, 0.25) is 0 Å². The molecule has 2 aliphatic heterocycles. The molecule has 0 aliphatic carbocycles. The third-order valence-corrected chi connectivity index (χ3v) is 6.67. The van der Waals surface area contributed by atoms with E-state index in [0.29, 0.717) is 26.3 Å². The number of rotatable bonds is 3. The number of aromatic nitrogens is 2. The van der Waals surface area contributed by atoms with E-state index in [1.165, 1.54) is 18.2 Å². The van der Waals surface area contributed by atoms with Crippen LogP contribution in [0.25, 0.3) is 11.7 Å². The fraction of sp³-hybridized carbons (Fsp3) is 0.429. The Labute approximate surface area is 179 Å². The average Bonchev–Trinajstić information content (AvgIpc) is 2.98. The number of carbonyl (C=O) groups is 1. The summed E-state index contributed by atoms with van der Waals surface area (Å²) in [6.07, 6.45) is 6.75. The summed E-state index contributed by atoms with van der Waals surface area (Å²) in [7, 11) is 0. The number of carbonyl (C=O) groups excluding carboxylic acids is 1. The molecule has 0 spiro atoms. The highest BCUT2D eigenvalue weighted by atomic mass is 32.2. The van der Waals surface area contributed by atoms with E-state index >= 15 is 0 Å². The lowest BCUT2D eigenvalue weighted by molar-refractivity contribution is -0.123. The van der Waals surface area contributed by atoms with Crippen LogP contribution in [0.5, 0.6) is 0 Å². The molecule has 8 heteroatoms. The molecule has 0 bridgehead atoms. The Bertz CT molecular complexity index is 1080. The Morgan fingerprint density at radius 1 is 1.21 bits per heavy atom. The number of thioether (sulfide) groups is 1. The van der Waals surface area contributed by atoms with Crippen LogP contribution in [0.15, 0.2) is 28.0 Å². The van der Waals surface area contributed by atoms with Crippen molar-refractivity contribution in [3.8, 4) is 0 Å². The molecule has 2 aliphatic rings. The Balaban J connectivity index is 1.91. The molecule has 0 unspecified atom stereocenters. The number of piperidine rings is 1. The number of hydrogen-bond acceptors (Lipinski definition) is 6. The van der Waals surface area contributed by atoms with Crippen molar-refractivity contribution < 1.29 is 4.79 Å². The summed E-state index contributed by atoms with van der Waals surface area (Å²) in [5.41, 5.74) is 1.90. The number of thiocarbonyl (C=S) groups is 1. The molecular weight excluding hydrogens is 404 g/mol. The molecule has 4 heterocycles. The summed E-state index contributed by atoms with van der Waals surface area (Å²) < 4.78 is 2.10. The number of hydrogen-bond donors (Lipinski definition) is 0. The first kappa shape index (κ1) is 20.1. The molecule has 6 nitrogen and oxygen atoms in total. The van der Waals surface area contributed by atoms with E-state index < -0.39 is 0 Å². The van der Waals surface area contributed by atoms with E-state index in [4.69, 9.17) is 17.2 Å². The van der Waals surface area contributed by atoms with E-state index in [-0.39, 0.29) is 17.5 Å². The van der Waals surface area contributed by atoms with E-state index in [1.54, 1.807) is 21.6 Å². The molecule has 0 N–H and O–H groups in total. The largest absolute Gasteiger partial charge is 0.356 e. The quantitative estimate of drug-likeness (QED) is 0.550. The maximum absolute atomic E-state index is 13.4. The predicted octanol–water partition coefficient (Wildman–Crippen LogP) is 3.60. The van der Waals surface area contributed by atoms with Crippen LogP contribution < -0.4 is 10.5 Å². The Kier molecular flexibility index (Phi) is 5.48. The Hall–Kier alpha value is -2.19. The van der Waals surface area contributed by atoms with E-state index in [2.05, 4.69) is 4.90 Å². The summed E-state index contributed by atoms with van der Waals surface area (Å²) in [5, 5.41) is 0. The monoisotopic (exact) mass is 428 g/mol. The Morgan fingerprint density at radius 3 is 2.59 bits per heavy atom. The van der Waals surface area contributed by atoms with Gasteiger partial charge in [0.05, 0.1) is 10.5 Å². The lowest BCUT2D eigenvalue weighted by Gasteiger charge is -2.29. The van der Waals surface area contributed by atoms with E-state index in [1.807, 2.05) is 32.9 Å². The lowest BCUT2D eigenvalue weighted by atomic mass is 10.1. The molecule has 2 saturated heterocycles. The first-order chi connectivity index (χ1) is 13.9. The zero-order valence-electron chi connectivity index (χ0n) is 16.8. The maximum atomic E-state index is 13.4. The SMILES string of the molecule is Cc1cccn2c(=O)c(/C=C3/SC(=S)N(C(C)C)C3=O)c(N3CCCCC3)nc12. The second kappa shape index (κ2) is 7.91. The van der Waals surface area contributed by atoms with Gasteiger partial charge in [-0.15, -0.1) is 0 Å². The molecule has 2 fully saturated rings. The van der Waals surface area contributed by atoms with Crippen molar-refractivity contribution in [2.24, 2.45) is 0 Å². The van der Waals surface area contributed by atoms with Gasteiger partial charge in [0, 0.05) is 25.3 Å². The van der Waals surface area contributed by atoms with Gasteiger partial charge in [0.1, 0.15) is 15.8 Å². The summed E-state index contributed by atoms with van der Waals surface area (Å²) in [6.45, 7) is 7.55. The highest BCUT2D eigenvalue weighted by molar-refractivity contribution is 8.26. The van der Waals surface area contributed by atoms with Crippen LogP contribution in [-0.2, 0) is 4.79 Å². The molecule has 0 atom stereocenters. The van der Waals surface area contributed by atoms with Crippen LogP contribution in [0.2, 0.25) is 0 Å². The third-order valence-electron chi connectivity index (χ3n) is 5.34. The number of nitrogens with zero attached hydrogens (tertiary/aromatic N) is 4. The standard InChI is InChI=1S/C21H24N4O2S2/c1-13(2)25-20(27)16(29-21(25)28)12-15-18(23-9-5-4-6-10-23)22-17-14(3)8-7-11-24(17)19(15)26/h7-8,11-13H,4-6,9-10H2,1-3H3/b16-12+. The minimum Gasteiger partial charge on any atom is -0.356 e. The van der Waals surface area contributed by atoms with Crippen molar-refractivity contribution >= 4 is 51.7 Å². The minimum atomic E-state index is -0.158. The molecule has 1 amide bonds. The molecule has 0 aromatic carbocycles. The van der Waals surface area contributed by atoms with Crippen molar-refractivity contribution in [3.63, 3.8) is 0 Å². The maximum Gasteiger partial charge on any atom is 0.267 e. The fourth-order valence-corrected chi connectivity index (χ4v) is 5.34. The van der Waals surface area contributed by atoms with Gasteiger partial charge in [0.15, 0.2) is 0 Å². The summed E-state index contributed by atoms with van der Waals surface area (Å²) in [6, 6.07) is 3.77. The first-order valence-corrected chi connectivity index (χ1v) is 11.1. The zero-order chi connectivity index (χ0) is 20.7. The molecular formula is C21H24N4O2S2. The van der Waals surface area contributed by atoms with Gasteiger partial charge >= 0.3 is 0 Å². The predicted molar refractivity (Wildman–Crippen MR) is 122 cm³/mol. The molecule has 2 aromatic rings. The lowest BCUT2D eigenvalue weighted by Crippen LogP contribution is -2.35. The summed E-state index contributed by atoms with van der Waals surface area (Å²) in [5.74, 6) is 0.521. The van der Waals surface area contributed by atoms with Crippen molar-refractivity contribution in [1.82, 2.24) is 14.3 Å². The molecule has 29 heavy (non-hydrogen) atoms. The summed E-state index contributed by atoms with van der Waals surface area (Å²) >= 11 is 6.64. The van der Waals surface area contributed by atoms with Crippen molar-refractivity contribution in [3.05, 3.63) is 44.7 Å². The van der Waals surface area contributed by atoms with Crippen LogP contribution in [0.4, 0.5) is 5.82 Å². The van der Waals surface area contributed by atoms with Crippen LogP contribution in [0.1, 0.15) is 44.2 Å². The van der Waals surface area contributed by atoms with Gasteiger partial charge in [-0.1, -0.05) is 30.0 Å². The Morgan fingerprint density at radius 2 is 1.93 bits per heavy atom. The number of amides is 1. The van der Waals surface area contributed by atoms with Gasteiger partial charge in [-0.05, 0) is 57.7 Å². The highest BCUT2D eigenvalue weighted by Crippen LogP contribution is 2.35. The highest BCUT2D eigenvalue weighted by Gasteiger charge is 2.34. The number of anilines is 1. The molecule has 152 valence electrons. The number of fused-ring (bicyclic) bond motifs is 1. The smallest absolute Gasteiger partial charge is 0.267 e. The second-order valence-electron chi connectivity index (χ2n) is 7.73. The fourth-order valence-electron chi connectivity index (χ4n) is 3.83. The van der Waals surface area contributed by atoms with Gasteiger partial charge in [-0.25, -0.2) is 4.98 Å². The van der Waals surface area contributed by atoms with Crippen molar-refractivity contribution in [2.45, 2.75) is 46.1 Å². The van der Waals surface area contributed by atoms with Crippen LogP contribution in [-0.4, -0.2) is 43.6 Å². The molecule has 2 aromatic heterocycles. The van der Waals surface area contributed by atoms with Crippen LogP contribution in [0, 0.1) is 6.92 Å². The van der Waals surface area contributed by atoms with Crippen molar-refractivity contribution in [2.75, 3.05) is 18.0 Å². The molecule has 0 saturated carbocycles. The normalized spacial score (nSPS) is 19.2. The topological polar surface area (TPSA) is 57.9 Å². The average molecular weight is 429 g/mol. The van der Waals surface area contributed by atoms with E-state index in [0.717, 1.165) is 31.5 Å². The van der Waals surface area contributed by atoms with Gasteiger partial charge in [-0.2, -0.15) is 0 Å². The van der Waals surface area contributed by atoms with Crippen LogP contribution >= 0.6 is 24.0 Å². The van der Waals surface area contributed by atoms with Crippen molar-refractivity contribution in [1.29, 1.82) is 0 Å².